The van der Waals surface area contributed by atoms with Gasteiger partial charge in [-0.05, 0) is 31.5 Å². The van der Waals surface area contributed by atoms with Crippen LogP contribution < -0.4 is 5.32 Å². The molecule has 3 aromatic rings. The number of nitrogens with one attached hydrogen (secondary N) is 1. The summed E-state index contributed by atoms with van der Waals surface area (Å²) in [6.07, 6.45) is 3.90. The molecule has 150 valence electrons. The molecule has 1 amide bonds. The number of nitrogens with zero attached hydrogens (tertiary/aromatic N) is 4. The number of hydrogen-bond donors (Lipinski definition) is 2. The van der Waals surface area contributed by atoms with Gasteiger partial charge < -0.3 is 19.7 Å². The van der Waals surface area contributed by atoms with Crippen molar-refractivity contribution in [1.29, 1.82) is 0 Å². The van der Waals surface area contributed by atoms with Crippen LogP contribution in [0.3, 0.4) is 0 Å². The third kappa shape index (κ3) is 3.35. The molecule has 4 rings (SSSR count). The highest BCUT2D eigenvalue weighted by Gasteiger charge is 2.34. The normalized spacial score (nSPS) is 14.6. The third-order valence-corrected chi connectivity index (χ3v) is 5.15. The summed E-state index contributed by atoms with van der Waals surface area (Å²) >= 11 is 0. The van der Waals surface area contributed by atoms with Crippen LogP contribution in [0, 0.1) is 6.92 Å². The fourth-order valence-corrected chi connectivity index (χ4v) is 3.39. The lowest BCUT2D eigenvalue weighted by Gasteiger charge is -2.29. The van der Waals surface area contributed by atoms with Gasteiger partial charge in [-0.15, -0.1) is 0 Å². The molecule has 0 unspecified atom stereocenters. The Kier molecular flexibility index (Phi) is 4.57. The number of carbonyl (C=O) groups is 2. The van der Waals surface area contributed by atoms with Gasteiger partial charge in [0.05, 0.1) is 11.8 Å². The lowest BCUT2D eigenvalue weighted by atomic mass is 10.0. The van der Waals surface area contributed by atoms with E-state index < -0.39 is 12.0 Å². The van der Waals surface area contributed by atoms with Gasteiger partial charge in [0.1, 0.15) is 29.2 Å². The first-order valence-electron chi connectivity index (χ1n) is 9.23. The number of hydrogen-bond acceptors (Lipinski definition) is 6. The van der Waals surface area contributed by atoms with Gasteiger partial charge in [-0.1, -0.05) is 0 Å². The molecule has 0 aliphatic carbocycles. The monoisotopic (exact) mass is 395 g/mol. The standard InChI is InChI=1S/C20H21N5O4/c1-11-10-21-17(23-18-4-6-22-24(18)3)9-13(11)16-8-14-15(29-16)5-7-25(19(14)26)12(2)20(27)28/h4,6,8-10,12H,5,7H2,1-3H3,(H,21,23)(H,27,28)/t12-/m1/s1. The minimum Gasteiger partial charge on any atom is -0.480 e. The van der Waals surface area contributed by atoms with Gasteiger partial charge in [-0.25, -0.2) is 9.78 Å². The zero-order chi connectivity index (χ0) is 20.7. The number of carbonyl (C=O) groups excluding carboxylic acids is 1. The second-order valence-electron chi connectivity index (χ2n) is 7.06. The Morgan fingerprint density at radius 1 is 1.34 bits per heavy atom. The summed E-state index contributed by atoms with van der Waals surface area (Å²) in [5, 5.41) is 16.6. The van der Waals surface area contributed by atoms with Crippen LogP contribution in [0.25, 0.3) is 11.3 Å². The van der Waals surface area contributed by atoms with Crippen molar-refractivity contribution in [1.82, 2.24) is 19.7 Å². The number of aromatic nitrogens is 3. The van der Waals surface area contributed by atoms with Crippen molar-refractivity contribution in [3.8, 4) is 11.3 Å². The molecule has 0 bridgehead atoms. The third-order valence-electron chi connectivity index (χ3n) is 5.15. The number of anilines is 2. The fraction of sp³-hybridized carbons (Fsp3) is 0.300. The Morgan fingerprint density at radius 3 is 2.83 bits per heavy atom. The van der Waals surface area contributed by atoms with Gasteiger partial charge in [-0.2, -0.15) is 5.10 Å². The molecule has 9 heteroatoms. The lowest BCUT2D eigenvalue weighted by molar-refractivity contribution is -0.141. The largest absolute Gasteiger partial charge is 0.480 e. The number of aliphatic carboxylic acids is 1. The molecule has 1 aliphatic heterocycles. The van der Waals surface area contributed by atoms with Crippen LogP contribution in [0.15, 0.2) is 35.0 Å². The Morgan fingerprint density at radius 2 is 2.14 bits per heavy atom. The molecular weight excluding hydrogens is 374 g/mol. The number of carboxylic acid groups (broad SMARTS) is 1. The highest BCUT2D eigenvalue weighted by atomic mass is 16.4. The van der Waals surface area contributed by atoms with Crippen LogP contribution in [-0.4, -0.2) is 49.2 Å². The van der Waals surface area contributed by atoms with E-state index in [4.69, 9.17) is 4.42 Å². The van der Waals surface area contributed by atoms with Crippen LogP contribution in [-0.2, 0) is 18.3 Å². The molecule has 9 nitrogen and oxygen atoms in total. The summed E-state index contributed by atoms with van der Waals surface area (Å²) in [5.74, 6) is 1.20. The highest BCUT2D eigenvalue weighted by Crippen LogP contribution is 2.33. The first-order valence-corrected chi connectivity index (χ1v) is 9.23. The van der Waals surface area contributed by atoms with Crippen molar-refractivity contribution >= 4 is 23.5 Å². The maximum atomic E-state index is 12.8. The molecule has 1 aliphatic rings. The smallest absolute Gasteiger partial charge is 0.326 e. The van der Waals surface area contributed by atoms with E-state index in [1.807, 2.05) is 26.1 Å². The second-order valence-corrected chi connectivity index (χ2v) is 7.06. The Balaban J connectivity index is 1.66. The summed E-state index contributed by atoms with van der Waals surface area (Å²) in [4.78, 5) is 29.8. The van der Waals surface area contributed by atoms with Crippen molar-refractivity contribution in [3.05, 3.63) is 47.5 Å². The van der Waals surface area contributed by atoms with Crippen LogP contribution >= 0.6 is 0 Å². The van der Waals surface area contributed by atoms with Crippen molar-refractivity contribution in [2.75, 3.05) is 11.9 Å². The SMILES string of the molecule is Cc1cnc(Nc2ccnn2C)cc1-c1cc2c(o1)CCN([C@H](C)C(=O)O)C2=O. The second kappa shape index (κ2) is 7.08. The van der Waals surface area contributed by atoms with E-state index in [-0.39, 0.29) is 5.91 Å². The number of aryl methyl sites for hydroxylation is 2. The van der Waals surface area contributed by atoms with Crippen molar-refractivity contribution in [2.45, 2.75) is 26.3 Å². The Hall–Kier alpha value is -3.62. The predicted molar refractivity (Wildman–Crippen MR) is 105 cm³/mol. The van der Waals surface area contributed by atoms with Crippen molar-refractivity contribution in [3.63, 3.8) is 0 Å². The summed E-state index contributed by atoms with van der Waals surface area (Å²) in [5.41, 5.74) is 2.12. The van der Waals surface area contributed by atoms with E-state index in [1.165, 1.54) is 11.8 Å². The van der Waals surface area contributed by atoms with E-state index in [0.29, 0.717) is 35.9 Å². The fourth-order valence-electron chi connectivity index (χ4n) is 3.39. The number of fused-ring (bicyclic) bond motifs is 1. The quantitative estimate of drug-likeness (QED) is 0.682. The molecule has 0 aromatic carbocycles. The topological polar surface area (TPSA) is 113 Å². The average molecular weight is 395 g/mol. The average Bonchev–Trinajstić information content (AvgIpc) is 3.30. The molecule has 2 N–H and O–H groups in total. The van der Waals surface area contributed by atoms with E-state index in [2.05, 4.69) is 15.4 Å². The molecule has 0 radical (unpaired) electrons. The molecule has 1 atom stereocenters. The number of furan rings is 1. The summed E-state index contributed by atoms with van der Waals surface area (Å²) in [6, 6.07) is 4.50. The molecule has 29 heavy (non-hydrogen) atoms. The van der Waals surface area contributed by atoms with Gasteiger partial charge >= 0.3 is 5.97 Å². The minimum atomic E-state index is -1.03. The Bertz CT molecular complexity index is 1100. The minimum absolute atomic E-state index is 0.314. The molecule has 0 saturated heterocycles. The summed E-state index contributed by atoms with van der Waals surface area (Å²) in [7, 11) is 1.83. The van der Waals surface area contributed by atoms with Gasteiger partial charge in [0.25, 0.3) is 5.91 Å². The molecule has 4 heterocycles. The number of pyridine rings is 1. The first-order chi connectivity index (χ1) is 13.8. The number of rotatable bonds is 5. The predicted octanol–water partition coefficient (Wildman–Crippen LogP) is 2.60. The van der Waals surface area contributed by atoms with Gasteiger partial charge in [0.15, 0.2) is 0 Å². The Labute approximate surface area is 167 Å². The van der Waals surface area contributed by atoms with Gasteiger partial charge in [0.2, 0.25) is 0 Å². The summed E-state index contributed by atoms with van der Waals surface area (Å²) in [6.45, 7) is 3.74. The first kappa shape index (κ1) is 18.7. The van der Waals surface area contributed by atoms with Gasteiger partial charge in [0, 0.05) is 37.8 Å². The highest BCUT2D eigenvalue weighted by molar-refractivity contribution is 5.99. The van der Waals surface area contributed by atoms with E-state index in [9.17, 15) is 14.7 Å². The van der Waals surface area contributed by atoms with Crippen LogP contribution in [0.5, 0.6) is 0 Å². The van der Waals surface area contributed by atoms with Crippen LogP contribution in [0.4, 0.5) is 11.6 Å². The van der Waals surface area contributed by atoms with E-state index >= 15 is 0 Å². The number of carboxylic acids is 1. The molecule has 0 saturated carbocycles. The number of amides is 1. The molecule has 0 spiro atoms. The summed E-state index contributed by atoms with van der Waals surface area (Å²) < 4.78 is 7.68. The van der Waals surface area contributed by atoms with Crippen LogP contribution in [0.2, 0.25) is 0 Å². The van der Waals surface area contributed by atoms with Gasteiger partial charge in [-0.3, -0.25) is 9.48 Å². The zero-order valence-corrected chi connectivity index (χ0v) is 16.3. The molecule has 0 fully saturated rings. The maximum Gasteiger partial charge on any atom is 0.326 e. The lowest BCUT2D eigenvalue weighted by Crippen LogP contribution is -2.46. The zero-order valence-electron chi connectivity index (χ0n) is 16.3. The van der Waals surface area contributed by atoms with Crippen LogP contribution in [0.1, 0.15) is 28.6 Å². The van der Waals surface area contributed by atoms with E-state index in [0.717, 1.165) is 16.9 Å². The van der Waals surface area contributed by atoms with Crippen molar-refractivity contribution in [2.24, 2.45) is 7.05 Å². The molecular formula is C20H21N5O4. The van der Waals surface area contributed by atoms with Crippen molar-refractivity contribution < 1.29 is 19.1 Å². The molecule has 3 aromatic heterocycles. The maximum absolute atomic E-state index is 12.8. The van der Waals surface area contributed by atoms with E-state index in [1.54, 1.807) is 23.1 Å².